The van der Waals surface area contributed by atoms with Crippen LogP contribution in [-0.2, 0) is 0 Å². The van der Waals surface area contributed by atoms with E-state index in [9.17, 15) is 0 Å². The fourth-order valence-corrected chi connectivity index (χ4v) is 3.17. The van der Waals surface area contributed by atoms with Crippen LogP contribution in [0.25, 0.3) is 0 Å². The Hall–Kier alpha value is -0.770. The molecule has 0 aromatic carbocycles. The van der Waals surface area contributed by atoms with Gasteiger partial charge in [-0.3, -0.25) is 9.89 Å². The zero-order valence-corrected chi connectivity index (χ0v) is 11.0. The molecule has 0 aromatic heterocycles. The third-order valence-corrected chi connectivity index (χ3v) is 4.61. The molecule has 0 bridgehead atoms. The zero-order valence-electron chi connectivity index (χ0n) is 11.0. The van der Waals surface area contributed by atoms with Crippen LogP contribution in [0, 0.1) is 5.92 Å². The van der Waals surface area contributed by atoms with Gasteiger partial charge in [0, 0.05) is 25.7 Å². The van der Waals surface area contributed by atoms with Crippen LogP contribution in [0.4, 0.5) is 0 Å². The molecule has 1 unspecified atom stereocenters. The number of nitrogens with two attached hydrogens (primary N) is 1. The second kappa shape index (κ2) is 3.87. The normalized spacial score (nSPS) is 34.1. The van der Waals surface area contributed by atoms with Gasteiger partial charge in [0.05, 0.1) is 12.1 Å². The first-order valence-electron chi connectivity index (χ1n) is 6.92. The minimum Gasteiger partial charge on any atom is -0.370 e. The zero-order chi connectivity index (χ0) is 12.0. The van der Waals surface area contributed by atoms with Crippen LogP contribution in [0.15, 0.2) is 4.99 Å². The lowest BCUT2D eigenvalue weighted by Gasteiger charge is -2.36. The summed E-state index contributed by atoms with van der Waals surface area (Å²) in [5, 5.41) is 0. The molecule has 1 spiro atoms. The Kier molecular flexibility index (Phi) is 2.58. The van der Waals surface area contributed by atoms with Crippen molar-refractivity contribution in [2.75, 3.05) is 26.2 Å². The first kappa shape index (κ1) is 11.3. The minimum absolute atomic E-state index is 0.233. The van der Waals surface area contributed by atoms with Crippen molar-refractivity contribution in [3.8, 4) is 0 Å². The maximum absolute atomic E-state index is 6.09. The third-order valence-electron chi connectivity index (χ3n) is 4.61. The second-order valence-corrected chi connectivity index (χ2v) is 6.27. The summed E-state index contributed by atoms with van der Waals surface area (Å²) >= 11 is 0. The monoisotopic (exact) mass is 236 g/mol. The SMILES string of the molecule is CC(C)N1CCC2(CN=C(N)N2CC2CC2)C1. The summed E-state index contributed by atoms with van der Waals surface area (Å²) in [5.74, 6) is 1.68. The molecule has 1 saturated heterocycles. The molecule has 2 aliphatic heterocycles. The number of nitrogens with zero attached hydrogens (tertiary/aromatic N) is 3. The number of hydrogen-bond donors (Lipinski definition) is 1. The van der Waals surface area contributed by atoms with Gasteiger partial charge in [0.1, 0.15) is 0 Å². The Bertz CT molecular complexity index is 334. The topological polar surface area (TPSA) is 44.9 Å². The Labute approximate surface area is 104 Å². The molecule has 0 radical (unpaired) electrons. The van der Waals surface area contributed by atoms with Crippen LogP contribution in [-0.4, -0.2) is 53.5 Å². The Morgan fingerprint density at radius 2 is 2.24 bits per heavy atom. The van der Waals surface area contributed by atoms with Gasteiger partial charge in [-0.05, 0) is 39.0 Å². The van der Waals surface area contributed by atoms with Crippen LogP contribution < -0.4 is 5.73 Å². The summed E-state index contributed by atoms with van der Waals surface area (Å²) < 4.78 is 0. The van der Waals surface area contributed by atoms with Crippen molar-refractivity contribution in [1.29, 1.82) is 0 Å². The van der Waals surface area contributed by atoms with E-state index in [-0.39, 0.29) is 5.54 Å². The van der Waals surface area contributed by atoms with E-state index < -0.39 is 0 Å². The number of guanidine groups is 1. The highest BCUT2D eigenvalue weighted by molar-refractivity contribution is 5.81. The van der Waals surface area contributed by atoms with Crippen molar-refractivity contribution in [1.82, 2.24) is 9.80 Å². The van der Waals surface area contributed by atoms with E-state index in [4.69, 9.17) is 5.73 Å². The number of aliphatic imine (C=N–C) groups is 1. The van der Waals surface area contributed by atoms with Gasteiger partial charge in [0.2, 0.25) is 0 Å². The fourth-order valence-electron chi connectivity index (χ4n) is 3.17. The molecule has 2 fully saturated rings. The molecule has 17 heavy (non-hydrogen) atoms. The summed E-state index contributed by atoms with van der Waals surface area (Å²) in [4.78, 5) is 9.51. The first-order valence-corrected chi connectivity index (χ1v) is 6.92. The van der Waals surface area contributed by atoms with Crippen LogP contribution in [0.3, 0.4) is 0 Å². The van der Waals surface area contributed by atoms with E-state index in [1.807, 2.05) is 0 Å². The Morgan fingerprint density at radius 3 is 2.82 bits per heavy atom. The van der Waals surface area contributed by atoms with Gasteiger partial charge in [-0.2, -0.15) is 0 Å². The van der Waals surface area contributed by atoms with Gasteiger partial charge in [0.15, 0.2) is 5.96 Å². The van der Waals surface area contributed by atoms with Gasteiger partial charge in [0.25, 0.3) is 0 Å². The van der Waals surface area contributed by atoms with Gasteiger partial charge in [-0.1, -0.05) is 0 Å². The van der Waals surface area contributed by atoms with Crippen LogP contribution in [0.2, 0.25) is 0 Å². The smallest absolute Gasteiger partial charge is 0.191 e. The molecule has 1 aliphatic carbocycles. The summed E-state index contributed by atoms with van der Waals surface area (Å²) in [6, 6.07) is 0.638. The van der Waals surface area contributed by atoms with E-state index >= 15 is 0 Å². The summed E-state index contributed by atoms with van der Waals surface area (Å²) in [6.45, 7) is 8.95. The molecule has 3 rings (SSSR count). The summed E-state index contributed by atoms with van der Waals surface area (Å²) in [7, 11) is 0. The number of hydrogen-bond acceptors (Lipinski definition) is 4. The molecule has 2 N–H and O–H groups in total. The number of likely N-dealkylation sites (tertiary alicyclic amines) is 1. The van der Waals surface area contributed by atoms with E-state index in [0.29, 0.717) is 6.04 Å². The first-order chi connectivity index (χ1) is 8.11. The van der Waals surface area contributed by atoms with Crippen LogP contribution >= 0.6 is 0 Å². The highest BCUT2D eigenvalue weighted by Gasteiger charge is 2.48. The molecule has 0 aromatic rings. The molecule has 1 atom stereocenters. The highest BCUT2D eigenvalue weighted by Crippen LogP contribution is 2.37. The van der Waals surface area contributed by atoms with E-state index in [1.54, 1.807) is 0 Å². The van der Waals surface area contributed by atoms with Crippen molar-refractivity contribution in [2.45, 2.75) is 44.7 Å². The molecule has 2 heterocycles. The van der Waals surface area contributed by atoms with Gasteiger partial charge in [-0.25, -0.2) is 0 Å². The maximum Gasteiger partial charge on any atom is 0.191 e. The highest BCUT2D eigenvalue weighted by atomic mass is 15.4. The molecular weight excluding hydrogens is 212 g/mol. The predicted octanol–water partition coefficient (Wildman–Crippen LogP) is 0.880. The average molecular weight is 236 g/mol. The summed E-state index contributed by atoms with van der Waals surface area (Å²) in [5.41, 5.74) is 6.32. The van der Waals surface area contributed by atoms with Crippen LogP contribution in [0.5, 0.6) is 0 Å². The lowest BCUT2D eigenvalue weighted by molar-refractivity contribution is 0.176. The lowest BCUT2D eigenvalue weighted by Crippen LogP contribution is -2.54. The third kappa shape index (κ3) is 1.92. The molecule has 3 aliphatic rings. The molecule has 4 nitrogen and oxygen atoms in total. The summed E-state index contributed by atoms with van der Waals surface area (Å²) in [6.07, 6.45) is 3.99. The van der Waals surface area contributed by atoms with Gasteiger partial charge >= 0.3 is 0 Å². The lowest BCUT2D eigenvalue weighted by atomic mass is 9.97. The van der Waals surface area contributed by atoms with Gasteiger partial charge < -0.3 is 10.6 Å². The fraction of sp³-hybridized carbons (Fsp3) is 0.923. The Morgan fingerprint density at radius 1 is 1.47 bits per heavy atom. The molecular formula is C13H24N4. The van der Waals surface area contributed by atoms with Gasteiger partial charge in [-0.15, -0.1) is 0 Å². The standard InChI is InChI=1S/C13H24N4/c1-10(2)16-6-5-13(9-16)8-15-12(14)17(13)7-11-3-4-11/h10-11H,3-9H2,1-2H3,(H2,14,15). The quantitative estimate of drug-likeness (QED) is 0.791. The van der Waals surface area contributed by atoms with Crippen molar-refractivity contribution >= 4 is 5.96 Å². The van der Waals surface area contributed by atoms with Crippen molar-refractivity contribution < 1.29 is 0 Å². The maximum atomic E-state index is 6.09. The average Bonchev–Trinajstić information content (AvgIpc) is 2.93. The molecule has 4 heteroatoms. The van der Waals surface area contributed by atoms with Crippen molar-refractivity contribution in [2.24, 2.45) is 16.6 Å². The molecule has 0 amide bonds. The minimum atomic E-state index is 0.233. The molecule has 96 valence electrons. The van der Waals surface area contributed by atoms with Crippen molar-refractivity contribution in [3.05, 3.63) is 0 Å². The predicted molar refractivity (Wildman–Crippen MR) is 70.0 cm³/mol. The molecule has 1 saturated carbocycles. The van der Waals surface area contributed by atoms with E-state index in [1.165, 1.54) is 25.8 Å². The second-order valence-electron chi connectivity index (χ2n) is 6.27. The van der Waals surface area contributed by atoms with Crippen molar-refractivity contribution in [3.63, 3.8) is 0 Å². The van der Waals surface area contributed by atoms with E-state index in [2.05, 4.69) is 28.6 Å². The largest absolute Gasteiger partial charge is 0.370 e. The Balaban J connectivity index is 1.73. The number of rotatable bonds is 3. The van der Waals surface area contributed by atoms with E-state index in [0.717, 1.165) is 31.5 Å². The van der Waals surface area contributed by atoms with Crippen LogP contribution in [0.1, 0.15) is 33.1 Å².